The van der Waals surface area contributed by atoms with E-state index in [-0.39, 0.29) is 17.9 Å². The molecule has 1 aromatic carbocycles. The number of benzene rings is 1. The molecule has 2 aromatic rings. The number of rotatable bonds is 5. The molecule has 1 aliphatic heterocycles. The van der Waals surface area contributed by atoms with Gasteiger partial charge in [-0.3, -0.25) is 9.78 Å². The molecular weight excluding hydrogens is 524 g/mol. The minimum atomic E-state index is -1.92. The quantitative estimate of drug-likeness (QED) is 0.588. The number of aromatic nitrogens is 1. The van der Waals surface area contributed by atoms with Crippen LogP contribution < -0.4 is 9.47 Å². The zero-order chi connectivity index (χ0) is 25.2. The van der Waals surface area contributed by atoms with Gasteiger partial charge >= 0.3 is 0 Å². The SMILES string of the molecule is COc1cncc2c1[C@]1(O)[C@H](O)[C@H](C(=O)N(C)C3CC3)[C@@H](c3ccccc3)[C@]1(C1C=CC(Br)=CC1)O2. The van der Waals surface area contributed by atoms with Crippen molar-refractivity contribution in [2.24, 2.45) is 11.8 Å². The molecule has 2 heterocycles. The Balaban J connectivity index is 1.62. The molecule has 1 aromatic heterocycles. The van der Waals surface area contributed by atoms with Crippen LogP contribution in [0.25, 0.3) is 0 Å². The number of fused-ring (bicyclic) bond motifs is 3. The summed E-state index contributed by atoms with van der Waals surface area (Å²) in [5.41, 5.74) is -2.12. The lowest BCUT2D eigenvalue weighted by atomic mass is 9.66. The van der Waals surface area contributed by atoms with Crippen LogP contribution in [0, 0.1) is 11.8 Å². The van der Waals surface area contributed by atoms with Gasteiger partial charge in [0.1, 0.15) is 17.6 Å². The van der Waals surface area contributed by atoms with Crippen molar-refractivity contribution in [3.8, 4) is 11.5 Å². The Labute approximate surface area is 218 Å². The Bertz CT molecular complexity index is 1260. The molecule has 3 aliphatic carbocycles. The van der Waals surface area contributed by atoms with E-state index in [1.165, 1.54) is 13.3 Å². The van der Waals surface area contributed by atoms with E-state index in [0.717, 1.165) is 22.9 Å². The predicted molar refractivity (Wildman–Crippen MR) is 137 cm³/mol. The van der Waals surface area contributed by atoms with E-state index in [4.69, 9.17) is 9.47 Å². The van der Waals surface area contributed by atoms with E-state index in [0.29, 0.717) is 23.5 Å². The van der Waals surface area contributed by atoms with Gasteiger partial charge in [0.25, 0.3) is 0 Å². The van der Waals surface area contributed by atoms with Crippen molar-refractivity contribution in [1.29, 1.82) is 0 Å². The molecule has 1 amide bonds. The molecule has 0 spiro atoms. The first-order valence-corrected chi connectivity index (χ1v) is 13.1. The minimum Gasteiger partial charge on any atom is -0.495 e. The molecular formula is C28H29BrN2O5. The summed E-state index contributed by atoms with van der Waals surface area (Å²) >= 11 is 3.54. The highest BCUT2D eigenvalue weighted by molar-refractivity contribution is 9.11. The molecule has 6 atom stereocenters. The summed E-state index contributed by atoms with van der Waals surface area (Å²) in [7, 11) is 3.29. The van der Waals surface area contributed by atoms with Crippen molar-refractivity contribution in [3.05, 3.63) is 76.6 Å². The zero-order valence-electron chi connectivity index (χ0n) is 20.2. The van der Waals surface area contributed by atoms with Crippen molar-refractivity contribution in [3.63, 3.8) is 0 Å². The largest absolute Gasteiger partial charge is 0.495 e. The van der Waals surface area contributed by atoms with Gasteiger partial charge in [-0.05, 0) is 24.8 Å². The van der Waals surface area contributed by atoms with Crippen LogP contribution in [0.15, 0.2) is 65.4 Å². The molecule has 36 heavy (non-hydrogen) atoms. The first-order chi connectivity index (χ1) is 17.3. The summed E-state index contributed by atoms with van der Waals surface area (Å²) < 4.78 is 13.3. The molecule has 2 N–H and O–H groups in total. The molecule has 7 nitrogen and oxygen atoms in total. The van der Waals surface area contributed by atoms with Crippen LogP contribution in [-0.4, -0.2) is 57.9 Å². The smallest absolute Gasteiger partial charge is 0.229 e. The number of methoxy groups -OCH3 is 1. The number of pyridine rings is 1. The molecule has 4 aliphatic rings. The second-order valence-corrected chi connectivity index (χ2v) is 11.1. The van der Waals surface area contributed by atoms with Crippen LogP contribution in [0.1, 0.15) is 36.3 Å². The zero-order valence-corrected chi connectivity index (χ0v) is 21.8. The molecule has 2 fully saturated rings. The van der Waals surface area contributed by atoms with Gasteiger partial charge in [-0.25, -0.2) is 0 Å². The highest BCUT2D eigenvalue weighted by Crippen LogP contribution is 2.69. The topological polar surface area (TPSA) is 92.1 Å². The van der Waals surface area contributed by atoms with E-state index < -0.39 is 29.1 Å². The number of ether oxygens (including phenoxy) is 2. The van der Waals surface area contributed by atoms with Gasteiger partial charge < -0.3 is 24.6 Å². The van der Waals surface area contributed by atoms with E-state index in [9.17, 15) is 15.0 Å². The Morgan fingerprint density at radius 2 is 2.00 bits per heavy atom. The number of nitrogens with zero attached hydrogens (tertiary/aromatic N) is 2. The molecule has 1 unspecified atom stereocenters. The average Bonchev–Trinajstić information content (AvgIpc) is 3.68. The van der Waals surface area contributed by atoms with Crippen LogP contribution >= 0.6 is 15.9 Å². The van der Waals surface area contributed by atoms with E-state index in [1.807, 2.05) is 48.6 Å². The minimum absolute atomic E-state index is 0.160. The Morgan fingerprint density at radius 1 is 1.25 bits per heavy atom. The Hall–Kier alpha value is -2.68. The van der Waals surface area contributed by atoms with Crippen molar-refractivity contribution in [2.45, 2.75) is 48.5 Å². The predicted octanol–water partition coefficient (Wildman–Crippen LogP) is 3.66. The third kappa shape index (κ3) is 3.10. The molecule has 6 rings (SSSR count). The second-order valence-electron chi connectivity index (χ2n) is 10.2. The summed E-state index contributed by atoms with van der Waals surface area (Å²) in [5, 5.41) is 24.9. The monoisotopic (exact) mass is 552 g/mol. The van der Waals surface area contributed by atoms with Crippen LogP contribution in [0.2, 0.25) is 0 Å². The summed E-state index contributed by atoms with van der Waals surface area (Å²) in [6.07, 6.45) is 10.0. The van der Waals surface area contributed by atoms with Crippen molar-refractivity contribution < 1.29 is 24.5 Å². The lowest BCUT2D eigenvalue weighted by Crippen LogP contribution is -2.58. The third-order valence-electron chi connectivity index (χ3n) is 8.43. The van der Waals surface area contributed by atoms with Gasteiger partial charge in [0.15, 0.2) is 11.2 Å². The molecule has 8 heteroatoms. The third-order valence-corrected chi connectivity index (χ3v) is 9.02. The fourth-order valence-corrected chi connectivity index (χ4v) is 6.99. The number of aliphatic hydroxyl groups is 2. The number of amides is 1. The maximum Gasteiger partial charge on any atom is 0.229 e. The van der Waals surface area contributed by atoms with Crippen molar-refractivity contribution in [1.82, 2.24) is 9.88 Å². The van der Waals surface area contributed by atoms with E-state index >= 15 is 0 Å². The normalized spacial score (nSPS) is 34.4. The van der Waals surface area contributed by atoms with Crippen LogP contribution in [-0.2, 0) is 10.4 Å². The Kier molecular flexibility index (Phi) is 5.55. The molecule has 2 saturated carbocycles. The lowest BCUT2D eigenvalue weighted by molar-refractivity contribution is -0.165. The van der Waals surface area contributed by atoms with Gasteiger partial charge in [0.2, 0.25) is 5.91 Å². The maximum absolute atomic E-state index is 14.1. The fourth-order valence-electron chi connectivity index (χ4n) is 6.65. The van der Waals surface area contributed by atoms with E-state index in [2.05, 4.69) is 20.9 Å². The summed E-state index contributed by atoms with van der Waals surface area (Å²) in [5.74, 6) is -1.40. The summed E-state index contributed by atoms with van der Waals surface area (Å²) in [6.45, 7) is 0. The highest BCUT2D eigenvalue weighted by Gasteiger charge is 2.79. The molecule has 0 saturated heterocycles. The van der Waals surface area contributed by atoms with Gasteiger partial charge in [0.05, 0.1) is 31.0 Å². The first kappa shape index (κ1) is 23.7. The summed E-state index contributed by atoms with van der Waals surface area (Å²) in [6, 6.07) is 9.79. The first-order valence-electron chi connectivity index (χ1n) is 12.3. The van der Waals surface area contributed by atoms with Gasteiger partial charge in [-0.1, -0.05) is 64.5 Å². The molecule has 0 radical (unpaired) electrons. The number of carbonyl (C=O) groups is 1. The number of halogens is 1. The molecule has 0 bridgehead atoms. The lowest BCUT2D eigenvalue weighted by Gasteiger charge is -2.45. The second kappa shape index (κ2) is 8.43. The van der Waals surface area contributed by atoms with Crippen LogP contribution in [0.4, 0.5) is 0 Å². The van der Waals surface area contributed by atoms with Gasteiger partial charge in [-0.2, -0.15) is 0 Å². The number of hydrogen-bond acceptors (Lipinski definition) is 6. The Morgan fingerprint density at radius 3 is 2.64 bits per heavy atom. The standard InChI is InChI=1S/C28H29BrN2O5/c1-31(19-12-13-19)26(33)22-23(16-6-4-3-5-7-16)28(17-8-10-18(29)11-9-17)27(34,25(22)32)24-20(35-2)14-30-15-21(24)36-28/h3-8,10-11,14-15,17,19,22-23,25,32,34H,9,12-13H2,1-2H3/t17?,22-,23-,25-,27+,28+/m1/s1. The number of hydrogen-bond donors (Lipinski definition) is 2. The number of aliphatic hydroxyl groups excluding tert-OH is 1. The van der Waals surface area contributed by atoms with Crippen molar-refractivity contribution >= 4 is 21.8 Å². The van der Waals surface area contributed by atoms with E-state index in [1.54, 1.807) is 18.1 Å². The van der Waals surface area contributed by atoms with Crippen LogP contribution in [0.3, 0.4) is 0 Å². The van der Waals surface area contributed by atoms with Gasteiger partial charge in [0, 0.05) is 29.4 Å². The number of allylic oxidation sites excluding steroid dienone is 3. The van der Waals surface area contributed by atoms with Crippen molar-refractivity contribution in [2.75, 3.05) is 14.2 Å². The molecule has 188 valence electrons. The van der Waals surface area contributed by atoms with Crippen LogP contribution in [0.5, 0.6) is 11.5 Å². The summed E-state index contributed by atoms with van der Waals surface area (Å²) in [4.78, 5) is 20.0. The maximum atomic E-state index is 14.1. The average molecular weight is 553 g/mol. The number of carbonyl (C=O) groups excluding carboxylic acids is 1. The fraction of sp³-hybridized carbons (Fsp3) is 0.429. The van der Waals surface area contributed by atoms with Gasteiger partial charge in [-0.15, -0.1) is 0 Å². The highest BCUT2D eigenvalue weighted by atomic mass is 79.9.